The van der Waals surface area contributed by atoms with E-state index in [1.807, 2.05) is 0 Å². The molecule has 0 saturated heterocycles. The molecule has 0 heterocycles. The molecule has 5 heavy (non-hydrogen) atoms. The van der Waals surface area contributed by atoms with Crippen molar-refractivity contribution in [1.29, 1.82) is 0 Å². The first-order chi connectivity index (χ1) is 1.73. The van der Waals surface area contributed by atoms with Gasteiger partial charge in [-0.2, -0.15) is 0 Å². The summed E-state index contributed by atoms with van der Waals surface area (Å²) in [7, 11) is 0. The van der Waals surface area contributed by atoms with Crippen LogP contribution in [0.15, 0.2) is 0 Å². The van der Waals surface area contributed by atoms with Gasteiger partial charge in [0, 0.05) is 0 Å². The summed E-state index contributed by atoms with van der Waals surface area (Å²) in [6, 6.07) is 0. The molecule has 0 amide bonds. The molecule has 0 rings (SSSR count). The molecule has 2 nitrogen and oxygen atoms in total. The van der Waals surface area contributed by atoms with Gasteiger partial charge in [-0.25, -0.2) is 0 Å². The van der Waals surface area contributed by atoms with Crippen molar-refractivity contribution in [3.63, 3.8) is 0 Å². The van der Waals surface area contributed by atoms with E-state index >= 15 is 0 Å². The van der Waals surface area contributed by atoms with Gasteiger partial charge in [0.1, 0.15) is 0 Å². The van der Waals surface area contributed by atoms with Crippen molar-refractivity contribution in [1.82, 2.24) is 0 Å². The summed E-state index contributed by atoms with van der Waals surface area (Å²) in [5.41, 5.74) is 0. The van der Waals surface area contributed by atoms with Crippen LogP contribution >= 0.6 is 6.33 Å². The van der Waals surface area contributed by atoms with Crippen LogP contribution in [0.1, 0.15) is 0 Å². The molecule has 0 bridgehead atoms. The summed E-state index contributed by atoms with van der Waals surface area (Å²) >= 11 is 0.302. The molecule has 0 spiro atoms. The second-order valence-corrected chi connectivity index (χ2v) is 3.51. The molecule has 0 radical (unpaired) electrons. The van der Waals surface area contributed by atoms with Crippen LogP contribution in [0, 0.1) is 0 Å². The minimum atomic E-state index is -1.98. The van der Waals surface area contributed by atoms with Crippen LogP contribution in [0.5, 0.6) is 0 Å². The van der Waals surface area contributed by atoms with Gasteiger partial charge in [-0.3, -0.25) is 9.13 Å². The molecule has 0 aliphatic heterocycles. The second kappa shape index (κ2) is 5.03. The maximum absolute atomic E-state index is 9.10. The summed E-state index contributed by atoms with van der Waals surface area (Å²) in [5.74, 6) is 0. The fraction of sp³-hybridized carbons (Fsp3) is 0. The Balaban J connectivity index is 0. The Labute approximate surface area is 50.3 Å². The Morgan fingerprint density at radius 3 is 1.40 bits per heavy atom. The predicted molar refractivity (Wildman–Crippen MR) is 24.0 cm³/mol. The zero-order valence-corrected chi connectivity index (χ0v) is 5.16. The number of rotatable bonds is 0. The Bertz CT molecular complexity index is 58.0. The van der Waals surface area contributed by atoms with Gasteiger partial charge in [-0.05, 0) is 0 Å². The zero-order chi connectivity index (χ0) is 3.58. The first kappa shape index (κ1) is 9.39. The molecule has 0 fully saturated rings. The molecular formula is H3AlLiO2P. The first-order valence-corrected chi connectivity index (χ1v) is 5.12. The van der Waals surface area contributed by atoms with Gasteiger partial charge in [0.15, 0.2) is 6.33 Å². The van der Waals surface area contributed by atoms with Crippen molar-refractivity contribution in [3.8, 4) is 0 Å². The topological polar surface area (TPSA) is 34.1 Å². The Hall–Kier alpha value is 1.03. The van der Waals surface area contributed by atoms with Gasteiger partial charge < -0.3 is 0 Å². The van der Waals surface area contributed by atoms with Gasteiger partial charge in [0.25, 0.3) is 0 Å². The fourth-order valence-corrected chi connectivity index (χ4v) is 0. The molecule has 0 aromatic rings. The number of hydrogen-bond acceptors (Lipinski definition) is 2. The van der Waals surface area contributed by atoms with Gasteiger partial charge in [0.2, 0.25) is 0 Å². The van der Waals surface area contributed by atoms with Crippen LogP contribution in [0.2, 0.25) is 0 Å². The van der Waals surface area contributed by atoms with Gasteiger partial charge in [-0.15, -0.1) is 0 Å². The molecule has 0 aliphatic carbocycles. The van der Waals surface area contributed by atoms with E-state index in [0.717, 1.165) is 0 Å². The minimum absolute atomic E-state index is 0. The molecule has 0 saturated carbocycles. The van der Waals surface area contributed by atoms with Crippen LogP contribution in [-0.2, 0) is 9.13 Å². The van der Waals surface area contributed by atoms with Crippen LogP contribution in [0.4, 0.5) is 0 Å². The number of hydrogen-bond donors (Lipinski definition) is 0. The third kappa shape index (κ3) is 43.5. The fourth-order valence-electron chi connectivity index (χ4n) is 0. The Morgan fingerprint density at radius 1 is 1.40 bits per heavy atom. The summed E-state index contributed by atoms with van der Waals surface area (Å²) < 4.78 is 18.2. The average molecular weight is 99.9 g/mol. The van der Waals surface area contributed by atoms with E-state index in [4.69, 9.17) is 9.13 Å². The average Bonchev–Trinajstić information content (AvgIpc) is 0.811. The third-order valence-corrected chi connectivity index (χ3v) is 0. The molecular weight excluding hydrogens is 96.9 g/mol. The van der Waals surface area contributed by atoms with Gasteiger partial charge >= 0.3 is 34.7 Å². The SMILES string of the molecule is O=[P](=O)[AlH2].[LiH]. The molecule has 24 valence electrons. The molecule has 0 aliphatic rings. The second-order valence-electron chi connectivity index (χ2n) is 0.440. The predicted octanol–water partition coefficient (Wildman–Crippen LogP) is -0.941. The van der Waals surface area contributed by atoms with Crippen molar-refractivity contribution in [2.24, 2.45) is 0 Å². The Kier molecular flexibility index (Phi) is 9.45. The van der Waals surface area contributed by atoms with Gasteiger partial charge in [0.05, 0.1) is 0 Å². The van der Waals surface area contributed by atoms with Crippen LogP contribution in [0.3, 0.4) is 0 Å². The zero-order valence-electron chi connectivity index (χ0n) is 2.26. The monoisotopic (exact) mass is 100.0 g/mol. The van der Waals surface area contributed by atoms with Crippen molar-refractivity contribution in [3.05, 3.63) is 0 Å². The van der Waals surface area contributed by atoms with E-state index in [-0.39, 0.29) is 18.9 Å². The normalized spacial score (nSPS) is 4.80. The molecule has 0 aromatic carbocycles. The van der Waals surface area contributed by atoms with Crippen LogP contribution in [-0.4, -0.2) is 34.7 Å². The quantitative estimate of drug-likeness (QED) is 0.290. The van der Waals surface area contributed by atoms with E-state index in [1.165, 1.54) is 0 Å². The van der Waals surface area contributed by atoms with E-state index in [2.05, 4.69) is 0 Å². The van der Waals surface area contributed by atoms with Crippen molar-refractivity contribution >= 4 is 41.0 Å². The van der Waals surface area contributed by atoms with E-state index in [0.29, 0.717) is 15.8 Å². The standard InChI is InChI=1S/Al.Li.O2P.3H/c;;1-3-2;;;. The summed E-state index contributed by atoms with van der Waals surface area (Å²) in [6.45, 7) is 0. The molecule has 5 heteroatoms. The van der Waals surface area contributed by atoms with E-state index in [9.17, 15) is 0 Å². The maximum atomic E-state index is 9.10. The summed E-state index contributed by atoms with van der Waals surface area (Å²) in [6.07, 6.45) is -1.98. The van der Waals surface area contributed by atoms with E-state index in [1.54, 1.807) is 0 Å². The van der Waals surface area contributed by atoms with Crippen LogP contribution in [0.25, 0.3) is 0 Å². The third-order valence-electron chi connectivity index (χ3n) is 0. The van der Waals surface area contributed by atoms with Crippen LogP contribution < -0.4 is 0 Å². The molecule has 0 unspecified atom stereocenters. The molecule has 0 atom stereocenters. The Morgan fingerprint density at radius 2 is 1.40 bits per heavy atom. The van der Waals surface area contributed by atoms with Crippen molar-refractivity contribution in [2.45, 2.75) is 0 Å². The van der Waals surface area contributed by atoms with Crippen molar-refractivity contribution < 1.29 is 9.13 Å². The van der Waals surface area contributed by atoms with Gasteiger partial charge in [-0.1, -0.05) is 0 Å². The summed E-state index contributed by atoms with van der Waals surface area (Å²) in [5, 5.41) is 0. The molecule has 0 aromatic heterocycles. The van der Waals surface area contributed by atoms with Crippen molar-refractivity contribution in [2.75, 3.05) is 0 Å². The molecule has 0 N–H and O–H groups in total. The van der Waals surface area contributed by atoms with E-state index < -0.39 is 6.33 Å². The first-order valence-electron chi connectivity index (χ1n) is 0.812. The summed E-state index contributed by atoms with van der Waals surface area (Å²) in [4.78, 5) is 0.